The number of rotatable bonds is 4. The Morgan fingerprint density at radius 2 is 2.43 bits per heavy atom. The second-order valence-corrected chi connectivity index (χ2v) is 3.73. The summed E-state index contributed by atoms with van der Waals surface area (Å²) in [5.74, 6) is -0.239. The van der Waals surface area contributed by atoms with Crippen LogP contribution < -0.4 is 11.1 Å². The smallest absolute Gasteiger partial charge is 0.273 e. The zero-order valence-corrected chi connectivity index (χ0v) is 8.37. The maximum absolute atomic E-state index is 11.5. The van der Waals surface area contributed by atoms with E-state index in [0.29, 0.717) is 6.54 Å². The monoisotopic (exact) mass is 197 g/mol. The first-order chi connectivity index (χ1) is 6.55. The lowest BCUT2D eigenvalue weighted by molar-refractivity contribution is 0.0905. The van der Waals surface area contributed by atoms with Crippen LogP contribution in [0, 0.1) is 0 Å². The van der Waals surface area contributed by atoms with Crippen LogP contribution in [0.2, 0.25) is 0 Å². The molecule has 0 aliphatic carbocycles. The minimum atomic E-state index is -0.315. The zero-order valence-electron chi connectivity index (χ0n) is 8.37. The van der Waals surface area contributed by atoms with Crippen LogP contribution >= 0.6 is 0 Å². The Hall–Kier alpha value is -1.43. The molecule has 0 bridgehead atoms. The van der Waals surface area contributed by atoms with E-state index in [2.05, 4.69) is 20.7 Å². The number of nitrogens with zero attached hydrogens (tertiary/aromatic N) is 2. The quantitative estimate of drug-likeness (QED) is 0.615. The molecule has 0 atom stereocenters. The average molecular weight is 197 g/mol. The van der Waals surface area contributed by atoms with Gasteiger partial charge in [0, 0.05) is 5.54 Å². The Morgan fingerprint density at radius 1 is 1.71 bits per heavy atom. The summed E-state index contributed by atoms with van der Waals surface area (Å²) in [7, 11) is 0. The summed E-state index contributed by atoms with van der Waals surface area (Å²) in [4.78, 5) is 11.5. The van der Waals surface area contributed by atoms with Gasteiger partial charge in [0.15, 0.2) is 5.69 Å². The number of nitrogens with two attached hydrogens (primary N) is 1. The standard InChI is InChI=1S/C8H15N5O/c1-8(2,3-4-9)11-7(14)6-5-10-13-12-6/h5H,3-4,9H2,1-2H3,(H,11,14)(H,10,12,13). The number of aromatic amines is 1. The number of carbonyl (C=O) groups excluding carboxylic acids is 1. The molecule has 0 radical (unpaired) electrons. The van der Waals surface area contributed by atoms with Gasteiger partial charge in [-0.15, -0.1) is 0 Å². The van der Waals surface area contributed by atoms with Crippen molar-refractivity contribution in [2.24, 2.45) is 5.73 Å². The highest BCUT2D eigenvalue weighted by Gasteiger charge is 2.21. The Kier molecular flexibility index (Phi) is 3.19. The lowest BCUT2D eigenvalue weighted by Gasteiger charge is -2.24. The molecule has 78 valence electrons. The van der Waals surface area contributed by atoms with E-state index in [9.17, 15) is 4.79 Å². The van der Waals surface area contributed by atoms with Gasteiger partial charge in [0.25, 0.3) is 5.91 Å². The molecule has 1 heterocycles. The summed E-state index contributed by atoms with van der Waals surface area (Å²) in [6.45, 7) is 4.36. The summed E-state index contributed by atoms with van der Waals surface area (Å²) < 4.78 is 0. The van der Waals surface area contributed by atoms with E-state index in [-0.39, 0.29) is 17.1 Å². The van der Waals surface area contributed by atoms with Crippen LogP contribution in [-0.4, -0.2) is 33.4 Å². The average Bonchev–Trinajstić information content (AvgIpc) is 2.53. The molecule has 1 aromatic rings. The van der Waals surface area contributed by atoms with Gasteiger partial charge in [0.1, 0.15) is 0 Å². The lowest BCUT2D eigenvalue weighted by Crippen LogP contribution is -2.44. The van der Waals surface area contributed by atoms with E-state index in [4.69, 9.17) is 5.73 Å². The second-order valence-electron chi connectivity index (χ2n) is 3.73. The molecule has 6 nitrogen and oxygen atoms in total. The van der Waals surface area contributed by atoms with Crippen LogP contribution in [0.3, 0.4) is 0 Å². The molecular weight excluding hydrogens is 182 g/mol. The van der Waals surface area contributed by atoms with Gasteiger partial charge in [-0.3, -0.25) is 4.79 Å². The summed E-state index contributed by atoms with van der Waals surface area (Å²) in [6.07, 6.45) is 2.10. The Balaban J connectivity index is 2.57. The fourth-order valence-electron chi connectivity index (χ4n) is 1.11. The van der Waals surface area contributed by atoms with Crippen molar-refractivity contribution in [3.63, 3.8) is 0 Å². The lowest BCUT2D eigenvalue weighted by atomic mass is 10.0. The molecule has 14 heavy (non-hydrogen) atoms. The second kappa shape index (κ2) is 4.19. The Bertz CT molecular complexity index is 293. The maximum Gasteiger partial charge on any atom is 0.273 e. The van der Waals surface area contributed by atoms with Crippen molar-refractivity contribution in [2.75, 3.05) is 6.54 Å². The van der Waals surface area contributed by atoms with Crippen LogP contribution in [0.5, 0.6) is 0 Å². The number of amides is 1. The number of aromatic nitrogens is 3. The Labute approximate surface area is 82.3 Å². The molecular formula is C8H15N5O. The first-order valence-corrected chi connectivity index (χ1v) is 4.43. The van der Waals surface area contributed by atoms with Gasteiger partial charge in [-0.25, -0.2) is 0 Å². The molecule has 0 saturated heterocycles. The van der Waals surface area contributed by atoms with Gasteiger partial charge in [-0.1, -0.05) is 0 Å². The normalized spacial score (nSPS) is 11.4. The van der Waals surface area contributed by atoms with E-state index < -0.39 is 0 Å². The van der Waals surface area contributed by atoms with Crippen molar-refractivity contribution >= 4 is 5.91 Å². The number of carbonyl (C=O) groups is 1. The predicted octanol–water partition coefficient (Wildman–Crippen LogP) is -0.338. The van der Waals surface area contributed by atoms with Gasteiger partial charge in [-0.2, -0.15) is 15.4 Å². The number of hydrogen-bond acceptors (Lipinski definition) is 4. The highest BCUT2D eigenvalue weighted by molar-refractivity contribution is 5.92. The first-order valence-electron chi connectivity index (χ1n) is 4.43. The van der Waals surface area contributed by atoms with Crippen LogP contribution in [0.1, 0.15) is 30.8 Å². The minimum Gasteiger partial charge on any atom is -0.346 e. The van der Waals surface area contributed by atoms with Gasteiger partial charge < -0.3 is 11.1 Å². The van der Waals surface area contributed by atoms with Crippen molar-refractivity contribution in [1.29, 1.82) is 0 Å². The molecule has 1 amide bonds. The van der Waals surface area contributed by atoms with Gasteiger partial charge in [0.2, 0.25) is 0 Å². The molecule has 0 aliphatic rings. The summed E-state index contributed by atoms with van der Waals surface area (Å²) in [5.41, 5.74) is 5.40. The van der Waals surface area contributed by atoms with Crippen LogP contribution in [0.4, 0.5) is 0 Å². The third kappa shape index (κ3) is 2.81. The molecule has 0 saturated carbocycles. The third-order valence-corrected chi connectivity index (χ3v) is 1.87. The minimum absolute atomic E-state index is 0.239. The van der Waals surface area contributed by atoms with Crippen molar-refractivity contribution in [1.82, 2.24) is 20.7 Å². The molecule has 0 spiro atoms. The van der Waals surface area contributed by atoms with Crippen LogP contribution in [-0.2, 0) is 0 Å². The number of H-pyrrole nitrogens is 1. The van der Waals surface area contributed by atoms with E-state index in [1.54, 1.807) is 0 Å². The van der Waals surface area contributed by atoms with Crippen LogP contribution in [0.25, 0.3) is 0 Å². The zero-order chi connectivity index (χ0) is 10.6. The summed E-state index contributed by atoms with van der Waals surface area (Å²) in [6, 6.07) is 0. The molecule has 0 unspecified atom stereocenters. The maximum atomic E-state index is 11.5. The molecule has 1 aromatic heterocycles. The molecule has 0 aliphatic heterocycles. The third-order valence-electron chi connectivity index (χ3n) is 1.87. The fourth-order valence-corrected chi connectivity index (χ4v) is 1.11. The van der Waals surface area contributed by atoms with E-state index >= 15 is 0 Å². The Morgan fingerprint density at radius 3 is 2.93 bits per heavy atom. The van der Waals surface area contributed by atoms with Gasteiger partial charge in [-0.05, 0) is 26.8 Å². The van der Waals surface area contributed by atoms with Gasteiger partial charge >= 0.3 is 0 Å². The SMILES string of the molecule is CC(C)(CCN)NC(=O)c1cn[nH]n1. The topological polar surface area (TPSA) is 96.7 Å². The fraction of sp³-hybridized carbons (Fsp3) is 0.625. The largest absolute Gasteiger partial charge is 0.346 e. The van der Waals surface area contributed by atoms with Crippen molar-refractivity contribution in [2.45, 2.75) is 25.8 Å². The first kappa shape index (κ1) is 10.6. The number of nitrogens with one attached hydrogen (secondary N) is 2. The van der Waals surface area contributed by atoms with E-state index in [1.165, 1.54) is 6.20 Å². The highest BCUT2D eigenvalue weighted by atomic mass is 16.2. The van der Waals surface area contributed by atoms with E-state index in [1.807, 2.05) is 13.8 Å². The highest BCUT2D eigenvalue weighted by Crippen LogP contribution is 2.07. The van der Waals surface area contributed by atoms with E-state index in [0.717, 1.165) is 6.42 Å². The summed E-state index contributed by atoms with van der Waals surface area (Å²) >= 11 is 0. The van der Waals surface area contributed by atoms with Gasteiger partial charge in [0.05, 0.1) is 6.20 Å². The molecule has 0 fully saturated rings. The number of hydrogen-bond donors (Lipinski definition) is 3. The predicted molar refractivity (Wildman–Crippen MR) is 51.6 cm³/mol. The van der Waals surface area contributed by atoms with Crippen LogP contribution in [0.15, 0.2) is 6.20 Å². The van der Waals surface area contributed by atoms with Crippen molar-refractivity contribution in [3.8, 4) is 0 Å². The van der Waals surface area contributed by atoms with Crippen molar-refractivity contribution in [3.05, 3.63) is 11.9 Å². The molecule has 1 rings (SSSR count). The summed E-state index contributed by atoms with van der Waals surface area (Å²) in [5, 5.41) is 12.4. The molecule has 6 heteroatoms. The van der Waals surface area contributed by atoms with Crippen molar-refractivity contribution < 1.29 is 4.79 Å². The molecule has 4 N–H and O–H groups in total. The molecule has 0 aromatic carbocycles.